The molecule has 0 aliphatic heterocycles. The van der Waals surface area contributed by atoms with Gasteiger partial charge in [0, 0.05) is 10.8 Å². The normalized spacial score (nSPS) is 11.4. The zero-order valence-electron chi connectivity index (χ0n) is 10.7. The molecule has 0 aromatic heterocycles. The maximum Gasteiger partial charge on any atom is 0.230 e. The molecule has 19 heavy (non-hydrogen) atoms. The first-order valence-electron chi connectivity index (χ1n) is 5.84. The summed E-state index contributed by atoms with van der Waals surface area (Å²) >= 11 is 7.32. The molecule has 0 aliphatic rings. The van der Waals surface area contributed by atoms with Crippen molar-refractivity contribution in [2.24, 2.45) is 0 Å². The third-order valence-corrected chi connectivity index (χ3v) is 3.77. The number of nitrogens with one attached hydrogen (secondary N) is 1. The highest BCUT2D eigenvalue weighted by Crippen LogP contribution is 2.16. The van der Waals surface area contributed by atoms with Crippen LogP contribution < -0.4 is 5.32 Å². The van der Waals surface area contributed by atoms with Gasteiger partial charge in [-0.15, -0.1) is 11.8 Å². The van der Waals surface area contributed by atoms with Crippen LogP contribution in [0.3, 0.4) is 0 Å². The first-order chi connectivity index (χ1) is 8.99. The fraction of sp³-hybridized carbons (Fsp3) is 0.462. The van der Waals surface area contributed by atoms with Crippen molar-refractivity contribution in [3.8, 4) is 0 Å². The van der Waals surface area contributed by atoms with Gasteiger partial charge < -0.3 is 15.5 Å². The second-order valence-corrected chi connectivity index (χ2v) is 5.97. The quantitative estimate of drug-likeness (QED) is 0.713. The van der Waals surface area contributed by atoms with Crippen molar-refractivity contribution in [2.75, 3.05) is 19.0 Å². The Morgan fingerprint density at radius 2 is 2.11 bits per heavy atom. The summed E-state index contributed by atoms with van der Waals surface area (Å²) in [5, 5.41) is 21.4. The average molecular weight is 304 g/mol. The van der Waals surface area contributed by atoms with Crippen LogP contribution in [0.4, 0.5) is 0 Å². The van der Waals surface area contributed by atoms with Crippen molar-refractivity contribution in [1.29, 1.82) is 0 Å². The summed E-state index contributed by atoms with van der Waals surface area (Å²) in [6.45, 7) is 0.995. The molecule has 0 saturated carbocycles. The third kappa shape index (κ3) is 5.82. The fourth-order valence-electron chi connectivity index (χ4n) is 1.39. The minimum absolute atomic E-state index is 0.211. The number of hydrogen-bond donors (Lipinski definition) is 3. The van der Waals surface area contributed by atoms with E-state index in [9.17, 15) is 4.79 Å². The van der Waals surface area contributed by atoms with Gasteiger partial charge in [0.25, 0.3) is 0 Å². The molecular weight excluding hydrogens is 286 g/mol. The summed E-state index contributed by atoms with van der Waals surface area (Å²) in [4.78, 5) is 11.7. The third-order valence-electron chi connectivity index (χ3n) is 2.53. The first-order valence-corrected chi connectivity index (χ1v) is 7.37. The van der Waals surface area contributed by atoms with E-state index < -0.39 is 5.54 Å². The lowest BCUT2D eigenvalue weighted by molar-refractivity contribution is -0.121. The lowest BCUT2D eigenvalue weighted by Crippen LogP contribution is -2.52. The Hall–Kier alpha value is -0.750. The lowest BCUT2D eigenvalue weighted by Gasteiger charge is -2.26. The standard InChI is InChI=1S/C13H18ClNO3S/c1-13(8-16,9-17)15-12(18)7-19-6-10-3-2-4-11(14)5-10/h2-5,16-17H,6-9H2,1H3,(H,15,18). The Morgan fingerprint density at radius 3 is 2.68 bits per heavy atom. The lowest BCUT2D eigenvalue weighted by atomic mass is 10.1. The van der Waals surface area contributed by atoms with Crippen LogP contribution in [0.2, 0.25) is 5.02 Å². The second kappa shape index (κ2) is 7.75. The average Bonchev–Trinajstić information content (AvgIpc) is 2.38. The molecule has 3 N–H and O–H groups in total. The number of hydrogen-bond acceptors (Lipinski definition) is 4. The van der Waals surface area contributed by atoms with Crippen LogP contribution in [0.25, 0.3) is 0 Å². The Bertz CT molecular complexity index is 424. The van der Waals surface area contributed by atoms with Gasteiger partial charge in [-0.05, 0) is 24.6 Å². The predicted octanol–water partition coefficient (Wildman–Crippen LogP) is 1.43. The minimum atomic E-state index is -0.965. The van der Waals surface area contributed by atoms with Crippen LogP contribution in [0.15, 0.2) is 24.3 Å². The summed E-state index contributed by atoms with van der Waals surface area (Å²) in [6, 6.07) is 7.48. The summed E-state index contributed by atoms with van der Waals surface area (Å²) in [7, 11) is 0. The first kappa shape index (κ1) is 16.3. The SMILES string of the molecule is CC(CO)(CO)NC(=O)CSCc1cccc(Cl)c1. The zero-order chi connectivity index (χ0) is 14.3. The molecule has 0 unspecified atom stereocenters. The van der Waals surface area contributed by atoms with Gasteiger partial charge in [-0.3, -0.25) is 4.79 Å². The van der Waals surface area contributed by atoms with Crippen molar-refractivity contribution < 1.29 is 15.0 Å². The van der Waals surface area contributed by atoms with Gasteiger partial charge in [0.2, 0.25) is 5.91 Å². The number of halogens is 1. The highest BCUT2D eigenvalue weighted by atomic mass is 35.5. The molecule has 0 radical (unpaired) electrons. The van der Waals surface area contributed by atoms with E-state index in [0.29, 0.717) is 10.8 Å². The van der Waals surface area contributed by atoms with Gasteiger partial charge >= 0.3 is 0 Å². The molecule has 106 valence electrons. The molecule has 0 atom stereocenters. The van der Waals surface area contributed by atoms with Crippen LogP contribution in [-0.2, 0) is 10.5 Å². The number of aliphatic hydroxyl groups is 2. The van der Waals surface area contributed by atoms with Crippen molar-refractivity contribution >= 4 is 29.3 Å². The summed E-state index contributed by atoms with van der Waals surface area (Å²) in [5.41, 5.74) is 0.0885. The molecule has 1 amide bonds. The summed E-state index contributed by atoms with van der Waals surface area (Å²) in [5.74, 6) is 0.739. The zero-order valence-corrected chi connectivity index (χ0v) is 12.3. The number of carbonyl (C=O) groups is 1. The van der Waals surface area contributed by atoms with Gasteiger partial charge in [0.1, 0.15) is 0 Å². The molecular formula is C13H18ClNO3S. The molecule has 1 aromatic rings. The second-order valence-electron chi connectivity index (χ2n) is 4.55. The molecule has 1 rings (SSSR count). The van der Waals surface area contributed by atoms with E-state index in [2.05, 4.69) is 5.32 Å². The Kier molecular flexibility index (Phi) is 6.65. The number of thioether (sulfide) groups is 1. The number of rotatable bonds is 7. The van der Waals surface area contributed by atoms with E-state index in [1.807, 2.05) is 18.2 Å². The van der Waals surface area contributed by atoms with Crippen LogP contribution in [0, 0.1) is 0 Å². The highest BCUT2D eigenvalue weighted by molar-refractivity contribution is 7.99. The molecule has 0 aliphatic carbocycles. The van der Waals surface area contributed by atoms with Crippen molar-refractivity contribution in [3.63, 3.8) is 0 Å². The molecule has 0 bridgehead atoms. The predicted molar refractivity (Wildman–Crippen MR) is 78.3 cm³/mol. The monoisotopic (exact) mass is 303 g/mol. The van der Waals surface area contributed by atoms with Crippen molar-refractivity contribution in [1.82, 2.24) is 5.32 Å². The maximum atomic E-state index is 11.7. The van der Waals surface area contributed by atoms with Crippen LogP contribution in [-0.4, -0.2) is 40.6 Å². The van der Waals surface area contributed by atoms with E-state index in [1.165, 1.54) is 11.8 Å². The maximum absolute atomic E-state index is 11.7. The largest absolute Gasteiger partial charge is 0.394 e. The number of benzene rings is 1. The van der Waals surface area contributed by atoms with E-state index in [0.717, 1.165) is 5.56 Å². The van der Waals surface area contributed by atoms with E-state index in [1.54, 1.807) is 13.0 Å². The van der Waals surface area contributed by atoms with Gasteiger partial charge in [-0.25, -0.2) is 0 Å². The fourth-order valence-corrected chi connectivity index (χ4v) is 2.38. The van der Waals surface area contributed by atoms with E-state index >= 15 is 0 Å². The number of amides is 1. The molecule has 0 saturated heterocycles. The Balaban J connectivity index is 2.35. The van der Waals surface area contributed by atoms with Gasteiger partial charge in [-0.1, -0.05) is 23.7 Å². The summed E-state index contributed by atoms with van der Waals surface area (Å²) in [6.07, 6.45) is 0. The van der Waals surface area contributed by atoms with E-state index in [4.69, 9.17) is 21.8 Å². The van der Waals surface area contributed by atoms with E-state index in [-0.39, 0.29) is 24.9 Å². The van der Waals surface area contributed by atoms with Crippen molar-refractivity contribution in [2.45, 2.75) is 18.2 Å². The molecule has 0 spiro atoms. The van der Waals surface area contributed by atoms with Crippen LogP contribution in [0.5, 0.6) is 0 Å². The molecule has 6 heteroatoms. The van der Waals surface area contributed by atoms with Gasteiger partial charge in [0.15, 0.2) is 0 Å². The Labute approximate surface area is 122 Å². The molecule has 1 aromatic carbocycles. The molecule has 0 fully saturated rings. The summed E-state index contributed by atoms with van der Waals surface area (Å²) < 4.78 is 0. The van der Waals surface area contributed by atoms with Crippen molar-refractivity contribution in [3.05, 3.63) is 34.9 Å². The smallest absolute Gasteiger partial charge is 0.230 e. The minimum Gasteiger partial charge on any atom is -0.394 e. The van der Waals surface area contributed by atoms with Crippen LogP contribution >= 0.6 is 23.4 Å². The number of carbonyl (C=O) groups excluding carboxylic acids is 1. The highest BCUT2D eigenvalue weighted by Gasteiger charge is 2.24. The molecule has 0 heterocycles. The van der Waals surface area contributed by atoms with Gasteiger partial charge in [0.05, 0.1) is 24.5 Å². The number of aliphatic hydroxyl groups excluding tert-OH is 2. The van der Waals surface area contributed by atoms with Gasteiger partial charge in [-0.2, -0.15) is 0 Å². The van der Waals surface area contributed by atoms with Crippen LogP contribution in [0.1, 0.15) is 12.5 Å². The molecule has 4 nitrogen and oxygen atoms in total. The Morgan fingerprint density at radius 1 is 1.42 bits per heavy atom. The topological polar surface area (TPSA) is 69.6 Å².